The lowest BCUT2D eigenvalue weighted by molar-refractivity contribution is 0.0779. The van der Waals surface area contributed by atoms with E-state index in [9.17, 15) is 4.79 Å². The molecule has 1 saturated carbocycles. The van der Waals surface area contributed by atoms with Gasteiger partial charge in [0.2, 0.25) is 0 Å². The van der Waals surface area contributed by atoms with E-state index >= 15 is 0 Å². The van der Waals surface area contributed by atoms with Crippen molar-refractivity contribution in [1.29, 1.82) is 0 Å². The van der Waals surface area contributed by atoms with Crippen LogP contribution in [0, 0.1) is 11.8 Å². The molecule has 3 atom stereocenters. The van der Waals surface area contributed by atoms with Gasteiger partial charge in [-0.1, -0.05) is 6.08 Å². The molecule has 1 heterocycles. The molecule has 0 spiro atoms. The molecule has 25 heavy (non-hydrogen) atoms. The standard InChI is InChI=1S/C19H26N2O3.ClH/c1-4-5-12-8-14(9-17(23-2)18(12)24-3)19(22)21-10-13-6-7-16(20)15(13)11-21;/h4,8-9,13,15-16H,1,5-7,10-11,20H2,2-3H3;1H. The third kappa shape index (κ3) is 3.62. The quantitative estimate of drug-likeness (QED) is 0.814. The van der Waals surface area contributed by atoms with E-state index in [1.807, 2.05) is 11.0 Å². The van der Waals surface area contributed by atoms with Crippen LogP contribution in [0.25, 0.3) is 0 Å². The fraction of sp³-hybridized carbons (Fsp3) is 0.526. The summed E-state index contributed by atoms with van der Waals surface area (Å²) in [5.41, 5.74) is 7.73. The SMILES string of the molecule is C=CCc1cc(C(=O)N2CC3CCC(N)C3C2)cc(OC)c1OC.Cl. The van der Waals surface area contributed by atoms with Gasteiger partial charge in [0.05, 0.1) is 14.2 Å². The van der Waals surface area contributed by atoms with E-state index in [4.69, 9.17) is 15.2 Å². The molecule has 0 bridgehead atoms. The highest BCUT2D eigenvalue weighted by molar-refractivity contribution is 5.95. The van der Waals surface area contributed by atoms with Crippen LogP contribution in [-0.2, 0) is 6.42 Å². The summed E-state index contributed by atoms with van der Waals surface area (Å²) in [6.45, 7) is 5.35. The van der Waals surface area contributed by atoms with Crippen LogP contribution in [0.2, 0.25) is 0 Å². The van der Waals surface area contributed by atoms with E-state index in [0.717, 1.165) is 31.5 Å². The average molecular weight is 367 g/mol. The Kier molecular flexibility index (Phi) is 6.36. The van der Waals surface area contributed by atoms with Crippen LogP contribution in [0.15, 0.2) is 24.8 Å². The number of fused-ring (bicyclic) bond motifs is 1. The largest absolute Gasteiger partial charge is 0.493 e. The Balaban J connectivity index is 0.00000225. The van der Waals surface area contributed by atoms with Gasteiger partial charge in [-0.25, -0.2) is 0 Å². The molecule has 1 aliphatic heterocycles. The first-order valence-electron chi connectivity index (χ1n) is 8.49. The number of nitrogens with zero attached hydrogens (tertiary/aromatic N) is 1. The summed E-state index contributed by atoms with van der Waals surface area (Å²) in [6, 6.07) is 3.88. The van der Waals surface area contributed by atoms with Gasteiger partial charge in [0.1, 0.15) is 0 Å². The number of ether oxygens (including phenoxy) is 2. The number of carbonyl (C=O) groups is 1. The molecule has 1 amide bonds. The van der Waals surface area contributed by atoms with Gasteiger partial charge in [-0.3, -0.25) is 4.79 Å². The number of methoxy groups -OCH3 is 2. The minimum Gasteiger partial charge on any atom is -0.493 e. The third-order valence-electron chi connectivity index (χ3n) is 5.37. The zero-order valence-electron chi connectivity index (χ0n) is 14.9. The first-order chi connectivity index (χ1) is 11.6. The summed E-state index contributed by atoms with van der Waals surface area (Å²) >= 11 is 0. The molecular formula is C19H27ClN2O3. The van der Waals surface area contributed by atoms with Crippen molar-refractivity contribution in [3.63, 3.8) is 0 Å². The smallest absolute Gasteiger partial charge is 0.254 e. The van der Waals surface area contributed by atoms with Crippen molar-refractivity contribution in [2.45, 2.75) is 25.3 Å². The number of benzene rings is 1. The maximum absolute atomic E-state index is 13.0. The molecule has 138 valence electrons. The summed E-state index contributed by atoms with van der Waals surface area (Å²) in [4.78, 5) is 14.9. The van der Waals surface area contributed by atoms with Crippen molar-refractivity contribution >= 4 is 18.3 Å². The fourth-order valence-electron chi connectivity index (χ4n) is 4.13. The van der Waals surface area contributed by atoms with E-state index in [0.29, 0.717) is 35.3 Å². The number of allylic oxidation sites excluding steroid dienone is 1. The predicted molar refractivity (Wildman–Crippen MR) is 101 cm³/mol. The maximum Gasteiger partial charge on any atom is 0.254 e. The number of amides is 1. The molecule has 2 aliphatic rings. The van der Waals surface area contributed by atoms with Crippen molar-refractivity contribution in [1.82, 2.24) is 4.90 Å². The molecule has 2 N–H and O–H groups in total. The Morgan fingerprint density at radius 2 is 2.08 bits per heavy atom. The number of carbonyl (C=O) groups excluding carboxylic acids is 1. The second-order valence-electron chi connectivity index (χ2n) is 6.74. The monoisotopic (exact) mass is 366 g/mol. The van der Waals surface area contributed by atoms with Crippen molar-refractivity contribution in [3.05, 3.63) is 35.9 Å². The Morgan fingerprint density at radius 3 is 2.68 bits per heavy atom. The Morgan fingerprint density at radius 1 is 1.32 bits per heavy atom. The Labute approximate surface area is 155 Å². The van der Waals surface area contributed by atoms with Gasteiger partial charge < -0.3 is 20.1 Å². The molecule has 6 heteroatoms. The van der Waals surface area contributed by atoms with Gasteiger partial charge in [0, 0.05) is 30.3 Å². The van der Waals surface area contributed by atoms with Gasteiger partial charge in [0.25, 0.3) is 5.91 Å². The highest BCUT2D eigenvalue weighted by Gasteiger charge is 2.42. The summed E-state index contributed by atoms with van der Waals surface area (Å²) in [5.74, 6) is 2.28. The van der Waals surface area contributed by atoms with Crippen LogP contribution in [0.1, 0.15) is 28.8 Å². The zero-order valence-corrected chi connectivity index (χ0v) is 15.7. The van der Waals surface area contributed by atoms with Gasteiger partial charge in [0.15, 0.2) is 11.5 Å². The van der Waals surface area contributed by atoms with Crippen LogP contribution in [0.3, 0.4) is 0 Å². The summed E-state index contributed by atoms with van der Waals surface area (Å²) in [5, 5.41) is 0. The zero-order chi connectivity index (χ0) is 17.3. The second kappa shape index (κ2) is 8.11. The number of rotatable bonds is 5. The van der Waals surface area contributed by atoms with Crippen molar-refractivity contribution in [3.8, 4) is 11.5 Å². The van der Waals surface area contributed by atoms with Crippen LogP contribution in [0.4, 0.5) is 0 Å². The number of nitrogens with two attached hydrogens (primary N) is 1. The second-order valence-corrected chi connectivity index (χ2v) is 6.74. The van der Waals surface area contributed by atoms with E-state index in [-0.39, 0.29) is 24.4 Å². The summed E-state index contributed by atoms with van der Waals surface area (Å²) in [7, 11) is 3.19. The normalized spacial score (nSPS) is 24.4. The molecular weight excluding hydrogens is 340 g/mol. The van der Waals surface area contributed by atoms with Gasteiger partial charge in [-0.15, -0.1) is 19.0 Å². The van der Waals surface area contributed by atoms with E-state index < -0.39 is 0 Å². The van der Waals surface area contributed by atoms with Crippen LogP contribution < -0.4 is 15.2 Å². The molecule has 1 aliphatic carbocycles. The third-order valence-corrected chi connectivity index (χ3v) is 5.37. The molecule has 1 saturated heterocycles. The minimum atomic E-state index is 0. The molecule has 0 aromatic heterocycles. The lowest BCUT2D eigenvalue weighted by Gasteiger charge is -2.20. The summed E-state index contributed by atoms with van der Waals surface area (Å²) in [6.07, 6.45) is 4.63. The molecule has 0 radical (unpaired) electrons. The maximum atomic E-state index is 13.0. The van der Waals surface area contributed by atoms with Crippen LogP contribution >= 0.6 is 12.4 Å². The summed E-state index contributed by atoms with van der Waals surface area (Å²) < 4.78 is 10.9. The van der Waals surface area contributed by atoms with E-state index in [1.54, 1.807) is 26.4 Å². The number of halogens is 1. The topological polar surface area (TPSA) is 64.8 Å². The highest BCUT2D eigenvalue weighted by atomic mass is 35.5. The lowest BCUT2D eigenvalue weighted by atomic mass is 9.98. The first-order valence-corrected chi connectivity index (χ1v) is 8.49. The van der Waals surface area contributed by atoms with Crippen molar-refractivity contribution in [2.75, 3.05) is 27.3 Å². The van der Waals surface area contributed by atoms with Crippen molar-refractivity contribution in [2.24, 2.45) is 17.6 Å². The van der Waals surface area contributed by atoms with Crippen LogP contribution in [0.5, 0.6) is 11.5 Å². The van der Waals surface area contributed by atoms with E-state index in [1.165, 1.54) is 0 Å². The van der Waals surface area contributed by atoms with Crippen LogP contribution in [-0.4, -0.2) is 44.2 Å². The molecule has 5 nitrogen and oxygen atoms in total. The van der Waals surface area contributed by atoms with Gasteiger partial charge in [-0.05, 0) is 43.2 Å². The number of hydrogen-bond donors (Lipinski definition) is 1. The average Bonchev–Trinajstić information content (AvgIpc) is 3.16. The molecule has 3 unspecified atom stereocenters. The fourth-order valence-corrected chi connectivity index (χ4v) is 4.13. The minimum absolute atomic E-state index is 0. The van der Waals surface area contributed by atoms with Gasteiger partial charge >= 0.3 is 0 Å². The van der Waals surface area contributed by atoms with Crippen molar-refractivity contribution < 1.29 is 14.3 Å². The number of likely N-dealkylation sites (tertiary alicyclic amines) is 1. The molecule has 1 aromatic rings. The Bertz CT molecular complexity index is 650. The molecule has 2 fully saturated rings. The highest BCUT2D eigenvalue weighted by Crippen LogP contribution is 2.39. The lowest BCUT2D eigenvalue weighted by Crippen LogP contribution is -2.33. The van der Waals surface area contributed by atoms with Gasteiger partial charge in [-0.2, -0.15) is 0 Å². The van der Waals surface area contributed by atoms with E-state index in [2.05, 4.69) is 6.58 Å². The molecule has 3 rings (SSSR count). The first kappa shape index (κ1) is 19.6. The number of hydrogen-bond acceptors (Lipinski definition) is 4. The Hall–Kier alpha value is -1.72. The predicted octanol–water partition coefficient (Wildman–Crippen LogP) is 2.66. The molecule has 1 aromatic carbocycles.